The van der Waals surface area contributed by atoms with E-state index in [0.717, 1.165) is 0 Å². The molecule has 0 spiro atoms. The zero-order chi connectivity index (χ0) is 16.7. The molecule has 0 radical (unpaired) electrons. The molecule has 2 aromatic carbocycles. The van der Waals surface area contributed by atoms with E-state index in [9.17, 15) is 14.0 Å². The Labute approximate surface area is 134 Å². The first kappa shape index (κ1) is 16.8. The molecule has 2 rings (SSSR count). The fourth-order valence-corrected chi connectivity index (χ4v) is 2.31. The van der Waals surface area contributed by atoms with Crippen molar-refractivity contribution in [3.8, 4) is 0 Å². The number of hydrogen-bond donors (Lipinski definition) is 2. The van der Waals surface area contributed by atoms with Crippen molar-refractivity contribution in [3.63, 3.8) is 0 Å². The van der Waals surface area contributed by atoms with E-state index in [2.05, 4.69) is 5.32 Å². The Morgan fingerprint density at radius 1 is 1.00 bits per heavy atom. The van der Waals surface area contributed by atoms with E-state index in [1.807, 2.05) is 6.07 Å². The quantitative estimate of drug-likeness (QED) is 0.735. The van der Waals surface area contributed by atoms with Crippen molar-refractivity contribution in [3.05, 3.63) is 71.8 Å². The second kappa shape index (κ2) is 8.19. The van der Waals surface area contributed by atoms with Gasteiger partial charge in [0.1, 0.15) is 6.17 Å². The molecule has 0 saturated carbocycles. The number of carbonyl (C=O) groups excluding carboxylic acids is 2. The van der Waals surface area contributed by atoms with Gasteiger partial charge in [0.2, 0.25) is 5.91 Å². The summed E-state index contributed by atoms with van der Waals surface area (Å²) in [5.74, 6) is -0.784. The van der Waals surface area contributed by atoms with Crippen LogP contribution in [0.5, 0.6) is 0 Å². The van der Waals surface area contributed by atoms with Crippen LogP contribution >= 0.6 is 0 Å². The van der Waals surface area contributed by atoms with Crippen molar-refractivity contribution in [2.75, 3.05) is 6.54 Å². The fourth-order valence-electron chi connectivity index (χ4n) is 2.31. The van der Waals surface area contributed by atoms with Crippen LogP contribution in [0.4, 0.5) is 4.39 Å². The van der Waals surface area contributed by atoms with Gasteiger partial charge in [-0.25, -0.2) is 4.39 Å². The molecule has 3 N–H and O–H groups in total. The molecular formula is C18H19FN2O2. The van der Waals surface area contributed by atoms with Crippen molar-refractivity contribution in [2.24, 2.45) is 5.73 Å². The molecule has 0 unspecified atom stereocenters. The lowest BCUT2D eigenvalue weighted by Crippen LogP contribution is -2.40. The van der Waals surface area contributed by atoms with Crippen LogP contribution < -0.4 is 11.1 Å². The summed E-state index contributed by atoms with van der Waals surface area (Å²) in [4.78, 5) is 23.3. The average Bonchev–Trinajstić information content (AvgIpc) is 2.59. The second-order valence-electron chi connectivity index (χ2n) is 5.26. The second-order valence-corrected chi connectivity index (χ2v) is 5.26. The number of Topliss-reactive ketones (excluding diaryl/α,β-unsaturated/α-hetero) is 1. The van der Waals surface area contributed by atoms with Crippen LogP contribution in [0.25, 0.3) is 0 Å². The lowest BCUT2D eigenvalue weighted by molar-refractivity contribution is -0.118. The molecule has 5 heteroatoms. The van der Waals surface area contributed by atoms with Crippen LogP contribution in [0.3, 0.4) is 0 Å². The first-order chi connectivity index (χ1) is 11.1. The molecule has 23 heavy (non-hydrogen) atoms. The average molecular weight is 314 g/mol. The number of hydrogen-bond acceptors (Lipinski definition) is 3. The topological polar surface area (TPSA) is 72.2 Å². The molecule has 2 atom stereocenters. The summed E-state index contributed by atoms with van der Waals surface area (Å²) in [5, 5.41) is 2.82. The highest BCUT2D eigenvalue weighted by Gasteiger charge is 2.25. The lowest BCUT2D eigenvalue weighted by atomic mass is 10.00. The van der Waals surface area contributed by atoms with E-state index in [4.69, 9.17) is 5.73 Å². The zero-order valence-corrected chi connectivity index (χ0v) is 12.6. The minimum absolute atomic E-state index is 0.0603. The molecule has 2 aromatic rings. The maximum Gasteiger partial charge on any atom is 0.219 e. The van der Waals surface area contributed by atoms with Crippen molar-refractivity contribution in [1.82, 2.24) is 5.32 Å². The van der Waals surface area contributed by atoms with Gasteiger partial charge in [-0.1, -0.05) is 60.7 Å². The third-order valence-electron chi connectivity index (χ3n) is 3.51. The van der Waals surface area contributed by atoms with Crippen molar-refractivity contribution < 1.29 is 14.0 Å². The predicted molar refractivity (Wildman–Crippen MR) is 86.7 cm³/mol. The first-order valence-corrected chi connectivity index (χ1v) is 7.37. The Bertz CT molecular complexity index is 647. The SMILES string of the molecule is NC(=O)C[C@@H](NCC(=O)c1ccccc1)[C@@H](F)c1ccccc1. The number of alkyl halides is 1. The molecule has 0 aliphatic rings. The summed E-state index contributed by atoms with van der Waals surface area (Å²) < 4.78 is 14.6. The number of amides is 1. The van der Waals surface area contributed by atoms with Gasteiger partial charge in [0.25, 0.3) is 0 Å². The molecule has 1 amide bonds. The molecule has 0 aromatic heterocycles. The number of primary amides is 1. The van der Waals surface area contributed by atoms with E-state index in [0.29, 0.717) is 11.1 Å². The highest BCUT2D eigenvalue weighted by molar-refractivity contribution is 5.97. The van der Waals surface area contributed by atoms with Gasteiger partial charge in [-0.3, -0.25) is 9.59 Å². The highest BCUT2D eigenvalue weighted by Crippen LogP contribution is 2.23. The summed E-state index contributed by atoms with van der Waals surface area (Å²) >= 11 is 0. The van der Waals surface area contributed by atoms with Crippen molar-refractivity contribution in [2.45, 2.75) is 18.6 Å². The van der Waals surface area contributed by atoms with Crippen LogP contribution in [0.2, 0.25) is 0 Å². The van der Waals surface area contributed by atoms with Gasteiger partial charge >= 0.3 is 0 Å². The Kier molecular flexibility index (Phi) is 6.00. The van der Waals surface area contributed by atoms with Crippen LogP contribution in [0.15, 0.2) is 60.7 Å². The van der Waals surface area contributed by atoms with Crippen LogP contribution in [0.1, 0.15) is 28.5 Å². The smallest absolute Gasteiger partial charge is 0.219 e. The fraction of sp³-hybridized carbons (Fsp3) is 0.222. The first-order valence-electron chi connectivity index (χ1n) is 7.37. The molecule has 0 aliphatic heterocycles. The number of nitrogens with two attached hydrogens (primary N) is 1. The lowest BCUT2D eigenvalue weighted by Gasteiger charge is -2.21. The third kappa shape index (κ3) is 5.00. The van der Waals surface area contributed by atoms with Crippen LogP contribution in [0, 0.1) is 0 Å². The Balaban J connectivity index is 2.04. The molecule has 0 aliphatic carbocycles. The van der Waals surface area contributed by atoms with E-state index in [-0.39, 0.29) is 18.7 Å². The highest BCUT2D eigenvalue weighted by atomic mass is 19.1. The maximum atomic E-state index is 14.6. The number of nitrogens with one attached hydrogen (secondary N) is 1. The minimum Gasteiger partial charge on any atom is -0.370 e. The normalized spacial score (nSPS) is 13.3. The van der Waals surface area contributed by atoms with Crippen LogP contribution in [-0.2, 0) is 4.79 Å². The Morgan fingerprint density at radius 3 is 2.13 bits per heavy atom. The number of benzene rings is 2. The summed E-state index contributed by atoms with van der Waals surface area (Å²) in [6.07, 6.45) is -1.61. The standard InChI is InChI=1S/C18H19FN2O2/c19-18(14-9-5-2-6-10-14)15(11-17(20)23)21-12-16(22)13-7-3-1-4-8-13/h1-10,15,18,21H,11-12H2,(H2,20,23)/t15-,18+/m1/s1. The molecule has 0 fully saturated rings. The number of rotatable bonds is 8. The molecule has 0 heterocycles. The maximum absolute atomic E-state index is 14.6. The molecule has 0 bridgehead atoms. The van der Waals surface area contributed by atoms with Gasteiger partial charge in [0.15, 0.2) is 5.78 Å². The summed E-state index contributed by atoms with van der Waals surface area (Å²) in [6.45, 7) is -0.0603. The Morgan fingerprint density at radius 2 is 1.57 bits per heavy atom. The molecular weight excluding hydrogens is 295 g/mol. The van der Waals surface area contributed by atoms with E-state index < -0.39 is 18.1 Å². The van der Waals surface area contributed by atoms with Gasteiger partial charge in [-0.05, 0) is 5.56 Å². The van der Waals surface area contributed by atoms with E-state index in [1.165, 1.54) is 0 Å². The monoisotopic (exact) mass is 314 g/mol. The third-order valence-corrected chi connectivity index (χ3v) is 3.51. The van der Waals surface area contributed by atoms with Crippen LogP contribution in [-0.4, -0.2) is 24.3 Å². The van der Waals surface area contributed by atoms with Gasteiger partial charge in [0, 0.05) is 12.0 Å². The van der Waals surface area contributed by atoms with Gasteiger partial charge in [-0.15, -0.1) is 0 Å². The predicted octanol–water partition coefficient (Wildman–Crippen LogP) is 2.41. The number of halogens is 1. The minimum atomic E-state index is -1.42. The molecule has 0 saturated heterocycles. The van der Waals surface area contributed by atoms with Crippen molar-refractivity contribution in [1.29, 1.82) is 0 Å². The van der Waals surface area contributed by atoms with Gasteiger partial charge in [-0.2, -0.15) is 0 Å². The number of carbonyl (C=O) groups is 2. The summed E-state index contributed by atoms with van der Waals surface area (Å²) in [7, 11) is 0. The van der Waals surface area contributed by atoms with Gasteiger partial charge < -0.3 is 11.1 Å². The zero-order valence-electron chi connectivity index (χ0n) is 12.6. The number of ketones is 1. The van der Waals surface area contributed by atoms with E-state index >= 15 is 0 Å². The Hall–Kier alpha value is -2.53. The summed E-state index contributed by atoms with van der Waals surface area (Å²) in [5.41, 5.74) is 6.17. The van der Waals surface area contributed by atoms with Gasteiger partial charge in [0.05, 0.1) is 12.6 Å². The largest absolute Gasteiger partial charge is 0.370 e. The molecule has 4 nitrogen and oxygen atoms in total. The molecule has 120 valence electrons. The van der Waals surface area contributed by atoms with Crippen molar-refractivity contribution >= 4 is 11.7 Å². The summed E-state index contributed by atoms with van der Waals surface area (Å²) in [6, 6.07) is 16.4. The van der Waals surface area contributed by atoms with E-state index in [1.54, 1.807) is 54.6 Å².